The lowest BCUT2D eigenvalue weighted by molar-refractivity contribution is -0.137. The van der Waals surface area contributed by atoms with Crippen molar-refractivity contribution in [2.45, 2.75) is 32.4 Å². The zero-order valence-electron chi connectivity index (χ0n) is 13.6. The molecule has 0 radical (unpaired) electrons. The number of sulfonamides is 1. The van der Waals surface area contributed by atoms with E-state index in [0.29, 0.717) is 16.9 Å². The van der Waals surface area contributed by atoms with Crippen molar-refractivity contribution in [2.75, 3.05) is 23.7 Å². The maximum Gasteiger partial charge on any atom is 0.416 e. The Hall–Kier alpha value is -1.77. The summed E-state index contributed by atoms with van der Waals surface area (Å²) in [5.74, 6) is -0.561. The average Bonchev–Trinajstić information content (AvgIpc) is 2.47. The Labute approximate surface area is 139 Å². The molecular weight excluding hydrogens is 345 g/mol. The van der Waals surface area contributed by atoms with Crippen LogP contribution in [-0.2, 0) is 21.0 Å². The molecular formula is C15H21F3N2O3S. The van der Waals surface area contributed by atoms with E-state index in [1.165, 1.54) is 6.07 Å². The molecule has 5 nitrogen and oxygen atoms in total. The topological polar surface area (TPSA) is 66.5 Å². The van der Waals surface area contributed by atoms with Gasteiger partial charge < -0.3 is 5.32 Å². The maximum atomic E-state index is 12.8. The molecule has 1 rings (SSSR count). The molecule has 1 N–H and O–H groups in total. The van der Waals surface area contributed by atoms with Crippen LogP contribution in [0, 0.1) is 0 Å². The molecule has 0 bridgehead atoms. The Balaban J connectivity index is 2.93. The number of hydrogen-bond donors (Lipinski definition) is 1. The van der Waals surface area contributed by atoms with Crippen LogP contribution in [0.1, 0.15) is 31.7 Å². The molecule has 0 heterocycles. The fourth-order valence-electron chi connectivity index (χ4n) is 2.03. The summed E-state index contributed by atoms with van der Waals surface area (Å²) in [6, 6.07) is 3.89. The predicted molar refractivity (Wildman–Crippen MR) is 86.2 cm³/mol. The normalized spacial score (nSPS) is 12.0. The number of carbonyl (C=O) groups is 1. The van der Waals surface area contributed by atoms with Crippen LogP contribution in [0.25, 0.3) is 0 Å². The van der Waals surface area contributed by atoms with Crippen molar-refractivity contribution in [2.24, 2.45) is 0 Å². The molecule has 0 aliphatic rings. The van der Waals surface area contributed by atoms with Crippen LogP contribution in [0.3, 0.4) is 0 Å². The van der Waals surface area contributed by atoms with E-state index >= 15 is 0 Å². The van der Waals surface area contributed by atoms with Gasteiger partial charge in [0, 0.05) is 6.54 Å². The largest absolute Gasteiger partial charge is 0.416 e. The van der Waals surface area contributed by atoms with Gasteiger partial charge in [-0.1, -0.05) is 25.8 Å². The van der Waals surface area contributed by atoms with Crippen LogP contribution < -0.4 is 9.62 Å². The first-order valence-corrected chi connectivity index (χ1v) is 9.32. The zero-order valence-corrected chi connectivity index (χ0v) is 14.4. The van der Waals surface area contributed by atoms with Crippen molar-refractivity contribution >= 4 is 21.6 Å². The molecule has 1 aromatic rings. The number of halogens is 3. The summed E-state index contributed by atoms with van der Waals surface area (Å²) in [6.07, 6.45) is -1.11. The summed E-state index contributed by atoms with van der Waals surface area (Å²) in [7, 11) is -3.91. The van der Waals surface area contributed by atoms with E-state index in [1.807, 2.05) is 6.92 Å². The second-order valence-corrected chi connectivity index (χ2v) is 7.28. The third-order valence-electron chi connectivity index (χ3n) is 3.25. The summed E-state index contributed by atoms with van der Waals surface area (Å²) in [4.78, 5) is 11.9. The molecule has 9 heteroatoms. The van der Waals surface area contributed by atoms with Gasteiger partial charge in [-0.3, -0.25) is 9.10 Å². The number of anilines is 1. The van der Waals surface area contributed by atoms with E-state index in [2.05, 4.69) is 5.32 Å². The van der Waals surface area contributed by atoms with Crippen LogP contribution in [0.5, 0.6) is 0 Å². The van der Waals surface area contributed by atoms with E-state index in [9.17, 15) is 26.4 Å². The first-order chi connectivity index (χ1) is 11.1. The van der Waals surface area contributed by atoms with Gasteiger partial charge in [0.25, 0.3) is 0 Å². The molecule has 0 aliphatic heterocycles. The van der Waals surface area contributed by atoms with E-state index in [0.717, 1.165) is 37.7 Å². The van der Waals surface area contributed by atoms with Crippen LogP contribution in [0.4, 0.5) is 18.9 Å². The number of benzene rings is 1. The number of unbranched alkanes of at least 4 members (excludes halogenated alkanes) is 2. The van der Waals surface area contributed by atoms with Crippen molar-refractivity contribution < 1.29 is 26.4 Å². The van der Waals surface area contributed by atoms with Gasteiger partial charge in [0.1, 0.15) is 6.54 Å². The number of rotatable bonds is 8. The lowest BCUT2D eigenvalue weighted by atomic mass is 10.2. The quantitative estimate of drug-likeness (QED) is 0.720. The molecule has 0 aromatic heterocycles. The zero-order chi connectivity index (χ0) is 18.4. The third kappa shape index (κ3) is 6.38. The monoisotopic (exact) mass is 366 g/mol. The molecule has 1 aromatic carbocycles. The Morgan fingerprint density at radius 3 is 2.46 bits per heavy atom. The number of hydrogen-bond acceptors (Lipinski definition) is 3. The van der Waals surface area contributed by atoms with Crippen LogP contribution in [0.2, 0.25) is 0 Å². The summed E-state index contributed by atoms with van der Waals surface area (Å²) in [5.41, 5.74) is -1.17. The Morgan fingerprint density at radius 1 is 1.25 bits per heavy atom. The Kier molecular flexibility index (Phi) is 7.07. The molecule has 0 saturated heterocycles. The first-order valence-electron chi connectivity index (χ1n) is 7.47. The van der Waals surface area contributed by atoms with Crippen molar-refractivity contribution in [3.63, 3.8) is 0 Å². The number of carbonyl (C=O) groups excluding carboxylic acids is 1. The van der Waals surface area contributed by atoms with Crippen molar-refractivity contribution in [3.8, 4) is 0 Å². The highest BCUT2D eigenvalue weighted by atomic mass is 32.2. The highest BCUT2D eigenvalue weighted by Crippen LogP contribution is 2.32. The predicted octanol–water partition coefficient (Wildman–Crippen LogP) is 2.78. The fraction of sp³-hybridized carbons (Fsp3) is 0.533. The molecule has 0 atom stereocenters. The minimum Gasteiger partial charge on any atom is -0.355 e. The highest BCUT2D eigenvalue weighted by Gasteiger charge is 2.31. The van der Waals surface area contributed by atoms with Crippen LogP contribution >= 0.6 is 0 Å². The van der Waals surface area contributed by atoms with Gasteiger partial charge in [0.05, 0.1) is 17.5 Å². The van der Waals surface area contributed by atoms with E-state index in [-0.39, 0.29) is 5.69 Å². The minimum absolute atomic E-state index is 0.198. The van der Waals surface area contributed by atoms with Gasteiger partial charge in [-0.25, -0.2) is 8.42 Å². The smallest absolute Gasteiger partial charge is 0.355 e. The molecule has 0 fully saturated rings. The second-order valence-electron chi connectivity index (χ2n) is 5.37. The van der Waals surface area contributed by atoms with Crippen molar-refractivity contribution in [3.05, 3.63) is 29.8 Å². The van der Waals surface area contributed by atoms with Gasteiger partial charge in [-0.2, -0.15) is 13.2 Å². The number of alkyl halides is 3. The molecule has 0 spiro atoms. The molecule has 1 amide bonds. The Bertz CT molecular complexity index is 660. The number of nitrogens with zero attached hydrogens (tertiary/aromatic N) is 1. The van der Waals surface area contributed by atoms with Gasteiger partial charge in [-0.15, -0.1) is 0 Å². The number of amides is 1. The van der Waals surface area contributed by atoms with Crippen molar-refractivity contribution in [1.29, 1.82) is 0 Å². The van der Waals surface area contributed by atoms with Crippen molar-refractivity contribution in [1.82, 2.24) is 5.32 Å². The minimum atomic E-state index is -4.60. The summed E-state index contributed by atoms with van der Waals surface area (Å²) >= 11 is 0. The van der Waals surface area contributed by atoms with Gasteiger partial charge >= 0.3 is 6.18 Å². The average molecular weight is 366 g/mol. The van der Waals surface area contributed by atoms with Gasteiger partial charge in [-0.05, 0) is 24.6 Å². The van der Waals surface area contributed by atoms with E-state index in [1.54, 1.807) is 0 Å². The Morgan fingerprint density at radius 2 is 1.92 bits per heavy atom. The van der Waals surface area contributed by atoms with Crippen LogP contribution in [-0.4, -0.2) is 33.7 Å². The SMILES string of the molecule is CCCCCNC(=O)CN(c1cccc(C(F)(F)F)c1)S(C)(=O)=O. The van der Waals surface area contributed by atoms with E-state index < -0.39 is 34.2 Å². The lowest BCUT2D eigenvalue weighted by Gasteiger charge is -2.22. The summed E-state index contributed by atoms with van der Waals surface area (Å²) in [6.45, 7) is 1.83. The van der Waals surface area contributed by atoms with Gasteiger partial charge in [0.15, 0.2) is 0 Å². The third-order valence-corrected chi connectivity index (χ3v) is 4.39. The second kappa shape index (κ2) is 8.36. The maximum absolute atomic E-state index is 12.8. The summed E-state index contributed by atoms with van der Waals surface area (Å²) in [5, 5.41) is 2.57. The van der Waals surface area contributed by atoms with Crippen LogP contribution in [0.15, 0.2) is 24.3 Å². The molecule has 0 saturated carbocycles. The molecule has 24 heavy (non-hydrogen) atoms. The molecule has 136 valence electrons. The molecule has 0 aliphatic carbocycles. The number of nitrogens with one attached hydrogen (secondary N) is 1. The molecule has 0 unspecified atom stereocenters. The first kappa shape index (κ1) is 20.3. The fourth-order valence-corrected chi connectivity index (χ4v) is 2.87. The standard InChI is InChI=1S/C15H21F3N2O3S/c1-3-4-5-9-19-14(21)11-20(24(2,22)23)13-8-6-7-12(10-13)15(16,17)18/h6-8,10H,3-5,9,11H2,1-2H3,(H,19,21). The highest BCUT2D eigenvalue weighted by molar-refractivity contribution is 7.92. The lowest BCUT2D eigenvalue weighted by Crippen LogP contribution is -2.40. The van der Waals surface area contributed by atoms with E-state index in [4.69, 9.17) is 0 Å². The van der Waals surface area contributed by atoms with Gasteiger partial charge in [0.2, 0.25) is 15.9 Å². The summed E-state index contributed by atoms with van der Waals surface area (Å²) < 4.78 is 62.7.